The molecule has 0 radical (unpaired) electrons. The van der Waals surface area contributed by atoms with Crippen molar-refractivity contribution in [1.82, 2.24) is 14.4 Å². The van der Waals surface area contributed by atoms with Crippen LogP contribution in [0, 0.1) is 5.92 Å². The number of carboxylic acids is 2. The number of piperidine rings is 1. The first-order valence-electron chi connectivity index (χ1n) is 12.1. The van der Waals surface area contributed by atoms with Crippen LogP contribution in [-0.2, 0) is 15.0 Å². The third-order valence-electron chi connectivity index (χ3n) is 6.37. The second kappa shape index (κ2) is 10.7. The smallest absolute Gasteiger partial charge is 0.328 e. The van der Waals surface area contributed by atoms with Crippen molar-refractivity contribution in [1.29, 1.82) is 0 Å². The summed E-state index contributed by atoms with van der Waals surface area (Å²) >= 11 is 1.33. The van der Waals surface area contributed by atoms with Crippen LogP contribution in [0.5, 0.6) is 0 Å². The highest BCUT2D eigenvalue weighted by Gasteiger charge is 2.25. The van der Waals surface area contributed by atoms with E-state index in [1.54, 1.807) is 0 Å². The van der Waals surface area contributed by atoms with Crippen LogP contribution in [0.1, 0.15) is 61.6 Å². The normalized spacial score (nSPS) is 14.8. The molecule has 0 saturated carbocycles. The second-order valence-electron chi connectivity index (χ2n) is 10.2. The van der Waals surface area contributed by atoms with Crippen LogP contribution in [0.4, 0.5) is 10.9 Å². The third kappa shape index (κ3) is 6.08. The first-order valence-corrected chi connectivity index (χ1v) is 13.0. The molecule has 3 N–H and O–H groups in total. The minimum absolute atomic E-state index is 0.0169. The average molecular weight is 540 g/mol. The predicted octanol–water partition coefficient (Wildman–Crippen LogP) is 3.49. The number of carboxylic acid groups (broad SMARTS) is 2. The first-order chi connectivity index (χ1) is 17.9. The molecule has 4 rings (SSSR count). The molecule has 1 fully saturated rings. The number of pyridine rings is 1. The fourth-order valence-corrected chi connectivity index (χ4v) is 5.20. The molecule has 1 aliphatic rings. The standard InChI is InChI=1S/C26H29N5O6S/c1-26(2,3)18-14-38-25(27-18)29-23(36)16-8-11-31-19(13-16)28-22(17(24(31)37)4-5-20(32)33)30-9-6-15(7-10-30)12-21(34)35/h4-5,8,11,13-15H,6-7,9-10,12H2,1-3H3,(H,32,33)(H,34,35)(H,27,29,36)/b5-4+. The maximum atomic E-state index is 13.3. The van der Waals surface area contributed by atoms with Crippen molar-refractivity contribution in [3.05, 3.63) is 57.0 Å². The molecular formula is C26H29N5O6S. The van der Waals surface area contributed by atoms with Gasteiger partial charge in [-0.2, -0.15) is 0 Å². The Balaban J connectivity index is 1.67. The number of amides is 1. The van der Waals surface area contributed by atoms with Gasteiger partial charge in [0.05, 0.1) is 11.3 Å². The molecule has 0 aromatic carbocycles. The van der Waals surface area contributed by atoms with Crippen LogP contribution in [0.25, 0.3) is 11.7 Å². The Morgan fingerprint density at radius 1 is 1.18 bits per heavy atom. The van der Waals surface area contributed by atoms with Gasteiger partial charge in [-0.25, -0.2) is 14.8 Å². The Labute approximate surface area is 222 Å². The highest BCUT2D eigenvalue weighted by atomic mass is 32.1. The molecule has 0 spiro atoms. The van der Waals surface area contributed by atoms with Gasteiger partial charge in [-0.05, 0) is 37.0 Å². The maximum Gasteiger partial charge on any atom is 0.328 e. The summed E-state index contributed by atoms with van der Waals surface area (Å²) in [5, 5.41) is 23.4. The highest BCUT2D eigenvalue weighted by molar-refractivity contribution is 7.14. The molecule has 0 bridgehead atoms. The van der Waals surface area contributed by atoms with E-state index in [1.807, 2.05) is 31.1 Å². The number of rotatable bonds is 7. The molecule has 1 amide bonds. The maximum absolute atomic E-state index is 13.3. The van der Waals surface area contributed by atoms with E-state index in [1.165, 1.54) is 40.1 Å². The quantitative estimate of drug-likeness (QED) is 0.383. The monoisotopic (exact) mass is 539 g/mol. The van der Waals surface area contributed by atoms with Crippen LogP contribution in [0.3, 0.4) is 0 Å². The van der Waals surface area contributed by atoms with E-state index in [0.717, 1.165) is 11.8 Å². The van der Waals surface area contributed by atoms with Crippen LogP contribution in [0.15, 0.2) is 34.6 Å². The molecule has 4 heterocycles. The van der Waals surface area contributed by atoms with E-state index >= 15 is 0 Å². The van der Waals surface area contributed by atoms with Gasteiger partial charge >= 0.3 is 11.9 Å². The Morgan fingerprint density at radius 2 is 1.89 bits per heavy atom. The van der Waals surface area contributed by atoms with Crippen molar-refractivity contribution in [2.24, 2.45) is 5.92 Å². The van der Waals surface area contributed by atoms with Crippen LogP contribution in [0.2, 0.25) is 0 Å². The summed E-state index contributed by atoms with van der Waals surface area (Å²) in [5.74, 6) is -2.14. The largest absolute Gasteiger partial charge is 0.481 e. The molecule has 200 valence electrons. The van der Waals surface area contributed by atoms with Crippen molar-refractivity contribution in [2.75, 3.05) is 23.3 Å². The number of carbonyl (C=O) groups excluding carboxylic acids is 1. The predicted molar refractivity (Wildman–Crippen MR) is 144 cm³/mol. The SMILES string of the molecule is CC(C)(C)c1csc(NC(=O)c2ccn3c(=O)c(/C=C/C(=O)O)c(N4CCC(CC(=O)O)CC4)nc3c2)n1. The summed E-state index contributed by atoms with van der Waals surface area (Å²) in [4.78, 5) is 59.6. The number of aromatic nitrogens is 3. The molecule has 38 heavy (non-hydrogen) atoms. The van der Waals surface area contributed by atoms with Crippen LogP contribution < -0.4 is 15.8 Å². The molecule has 3 aromatic heterocycles. The van der Waals surface area contributed by atoms with Gasteiger partial charge in [-0.1, -0.05) is 20.8 Å². The lowest BCUT2D eigenvalue weighted by Gasteiger charge is -2.33. The van der Waals surface area contributed by atoms with Crippen molar-refractivity contribution in [3.8, 4) is 0 Å². The van der Waals surface area contributed by atoms with Gasteiger partial charge in [-0.3, -0.25) is 24.1 Å². The number of fused-ring (bicyclic) bond motifs is 1. The molecule has 3 aromatic rings. The van der Waals surface area contributed by atoms with Gasteiger partial charge in [0.25, 0.3) is 11.5 Å². The lowest BCUT2D eigenvalue weighted by molar-refractivity contribution is -0.138. The summed E-state index contributed by atoms with van der Waals surface area (Å²) in [5.41, 5.74) is 0.853. The fourth-order valence-electron chi connectivity index (χ4n) is 4.26. The topological polar surface area (TPSA) is 154 Å². The zero-order chi connectivity index (χ0) is 27.6. The second-order valence-corrected chi connectivity index (χ2v) is 11.1. The molecule has 0 unspecified atom stereocenters. The minimum atomic E-state index is -1.20. The Bertz CT molecular complexity index is 1480. The van der Waals surface area contributed by atoms with E-state index in [0.29, 0.717) is 36.9 Å². The summed E-state index contributed by atoms with van der Waals surface area (Å²) < 4.78 is 1.26. The number of nitrogens with zero attached hydrogens (tertiary/aromatic N) is 4. The van der Waals surface area contributed by atoms with Gasteiger partial charge in [0.15, 0.2) is 5.13 Å². The van der Waals surface area contributed by atoms with Crippen molar-refractivity contribution < 1.29 is 24.6 Å². The van der Waals surface area contributed by atoms with E-state index in [4.69, 9.17) is 10.2 Å². The van der Waals surface area contributed by atoms with Gasteiger partial charge in [0, 0.05) is 48.1 Å². The molecule has 1 aliphatic heterocycles. The van der Waals surface area contributed by atoms with Gasteiger partial charge in [0.1, 0.15) is 11.5 Å². The summed E-state index contributed by atoms with van der Waals surface area (Å²) in [6, 6.07) is 2.99. The Morgan fingerprint density at radius 3 is 2.50 bits per heavy atom. The zero-order valence-corrected chi connectivity index (χ0v) is 22.1. The first kappa shape index (κ1) is 27.0. The number of anilines is 2. The number of thiazole rings is 1. The number of nitrogens with one attached hydrogen (secondary N) is 1. The van der Waals surface area contributed by atoms with Crippen LogP contribution >= 0.6 is 11.3 Å². The molecule has 0 atom stereocenters. The average Bonchev–Trinajstić information content (AvgIpc) is 3.32. The molecule has 0 aliphatic carbocycles. The van der Waals surface area contributed by atoms with Gasteiger partial charge < -0.3 is 15.1 Å². The molecule has 12 heteroatoms. The lowest BCUT2D eigenvalue weighted by atomic mass is 9.93. The molecule has 11 nitrogen and oxygen atoms in total. The zero-order valence-electron chi connectivity index (χ0n) is 21.3. The van der Waals surface area contributed by atoms with E-state index in [9.17, 15) is 19.2 Å². The number of carbonyl (C=O) groups is 3. The third-order valence-corrected chi connectivity index (χ3v) is 7.13. The molecule has 1 saturated heterocycles. The van der Waals surface area contributed by atoms with Crippen molar-refractivity contribution in [2.45, 2.75) is 45.4 Å². The number of aliphatic carboxylic acids is 2. The number of hydrogen-bond acceptors (Lipinski definition) is 8. The fraction of sp³-hybridized carbons (Fsp3) is 0.385. The lowest BCUT2D eigenvalue weighted by Crippen LogP contribution is -2.37. The Hall–Kier alpha value is -4.06. The highest BCUT2D eigenvalue weighted by Crippen LogP contribution is 2.28. The molecular weight excluding hydrogens is 510 g/mol. The van der Waals surface area contributed by atoms with E-state index in [-0.39, 0.29) is 34.5 Å². The summed E-state index contributed by atoms with van der Waals surface area (Å²) in [6.07, 6.45) is 4.81. The van der Waals surface area contributed by atoms with Gasteiger partial charge in [0.2, 0.25) is 0 Å². The van der Waals surface area contributed by atoms with Gasteiger partial charge in [-0.15, -0.1) is 11.3 Å². The van der Waals surface area contributed by atoms with E-state index < -0.39 is 23.4 Å². The Kier molecular flexibility index (Phi) is 7.63. The van der Waals surface area contributed by atoms with E-state index in [2.05, 4.69) is 15.3 Å². The minimum Gasteiger partial charge on any atom is -0.481 e. The van der Waals surface area contributed by atoms with Crippen molar-refractivity contribution in [3.63, 3.8) is 0 Å². The summed E-state index contributed by atoms with van der Waals surface area (Å²) in [6.45, 7) is 7.04. The number of hydrogen-bond donors (Lipinski definition) is 3. The van der Waals surface area contributed by atoms with Crippen molar-refractivity contribution >= 4 is 51.9 Å². The summed E-state index contributed by atoms with van der Waals surface area (Å²) in [7, 11) is 0. The van der Waals surface area contributed by atoms with Crippen LogP contribution in [-0.4, -0.2) is 55.5 Å².